The van der Waals surface area contributed by atoms with Crippen molar-refractivity contribution in [3.8, 4) is 11.5 Å². The van der Waals surface area contributed by atoms with Gasteiger partial charge in [0.15, 0.2) is 0 Å². The predicted octanol–water partition coefficient (Wildman–Crippen LogP) is 4.18. The monoisotopic (exact) mass is 291 g/mol. The van der Waals surface area contributed by atoms with E-state index in [1.807, 2.05) is 12.1 Å². The predicted molar refractivity (Wildman–Crippen MR) is 87.1 cm³/mol. The van der Waals surface area contributed by atoms with Gasteiger partial charge in [0, 0.05) is 23.7 Å². The molecule has 2 rings (SSSR count). The first-order valence-electron chi connectivity index (χ1n) is 8.08. The first-order valence-corrected chi connectivity index (χ1v) is 8.08. The number of hydrogen-bond acceptors (Lipinski definition) is 3. The van der Waals surface area contributed by atoms with E-state index < -0.39 is 0 Å². The first kappa shape index (κ1) is 16.2. The Labute approximate surface area is 129 Å². The second-order valence-electron chi connectivity index (χ2n) is 6.21. The molecule has 1 fully saturated rings. The van der Waals surface area contributed by atoms with Crippen LogP contribution >= 0.6 is 0 Å². The molecule has 0 aliphatic heterocycles. The van der Waals surface area contributed by atoms with Crippen LogP contribution < -0.4 is 14.8 Å². The van der Waals surface area contributed by atoms with Crippen molar-refractivity contribution in [2.75, 3.05) is 14.2 Å². The zero-order valence-electron chi connectivity index (χ0n) is 14.0. The molecule has 1 saturated carbocycles. The van der Waals surface area contributed by atoms with Crippen LogP contribution in [-0.2, 0) is 0 Å². The molecule has 1 aliphatic rings. The van der Waals surface area contributed by atoms with E-state index in [1.54, 1.807) is 14.2 Å². The zero-order valence-corrected chi connectivity index (χ0v) is 14.0. The van der Waals surface area contributed by atoms with E-state index in [1.165, 1.54) is 24.8 Å². The van der Waals surface area contributed by atoms with Gasteiger partial charge in [-0.3, -0.25) is 0 Å². The number of rotatable bonds is 6. The number of nitrogens with one attached hydrogen (secondary N) is 1. The van der Waals surface area contributed by atoms with Gasteiger partial charge in [-0.1, -0.05) is 26.3 Å². The Morgan fingerprint density at radius 3 is 2.57 bits per heavy atom. The summed E-state index contributed by atoms with van der Waals surface area (Å²) in [6, 6.07) is 6.96. The van der Waals surface area contributed by atoms with E-state index in [0.717, 1.165) is 23.3 Å². The van der Waals surface area contributed by atoms with Crippen LogP contribution in [0.15, 0.2) is 18.2 Å². The second-order valence-corrected chi connectivity index (χ2v) is 6.21. The van der Waals surface area contributed by atoms with Crippen molar-refractivity contribution >= 4 is 0 Å². The van der Waals surface area contributed by atoms with Gasteiger partial charge in [0.05, 0.1) is 14.2 Å². The van der Waals surface area contributed by atoms with Gasteiger partial charge in [0.25, 0.3) is 0 Å². The maximum absolute atomic E-state index is 5.52. The Balaban J connectivity index is 2.08. The topological polar surface area (TPSA) is 30.5 Å². The molecule has 1 N–H and O–H groups in total. The van der Waals surface area contributed by atoms with Crippen LogP contribution in [0.1, 0.15) is 51.6 Å². The summed E-state index contributed by atoms with van der Waals surface area (Å²) >= 11 is 0. The lowest BCUT2D eigenvalue weighted by Gasteiger charge is -2.26. The van der Waals surface area contributed by atoms with Crippen LogP contribution in [0.25, 0.3) is 0 Å². The van der Waals surface area contributed by atoms with Crippen molar-refractivity contribution in [1.82, 2.24) is 5.32 Å². The van der Waals surface area contributed by atoms with Crippen molar-refractivity contribution in [1.29, 1.82) is 0 Å². The summed E-state index contributed by atoms with van der Waals surface area (Å²) in [6.07, 6.45) is 3.92. The van der Waals surface area contributed by atoms with Crippen molar-refractivity contribution in [3.63, 3.8) is 0 Å². The molecule has 0 radical (unpaired) electrons. The average molecular weight is 291 g/mol. The molecule has 4 atom stereocenters. The molecule has 0 bridgehead atoms. The molecule has 118 valence electrons. The van der Waals surface area contributed by atoms with Crippen LogP contribution in [0, 0.1) is 11.8 Å². The van der Waals surface area contributed by atoms with Gasteiger partial charge in [-0.05, 0) is 37.7 Å². The highest BCUT2D eigenvalue weighted by Crippen LogP contribution is 2.36. The van der Waals surface area contributed by atoms with Gasteiger partial charge in [-0.2, -0.15) is 0 Å². The lowest BCUT2D eigenvalue weighted by molar-refractivity contribution is 0.322. The third kappa shape index (κ3) is 3.52. The minimum absolute atomic E-state index is 0.286. The molecule has 3 nitrogen and oxygen atoms in total. The molecule has 3 heteroatoms. The Kier molecular flexibility index (Phi) is 5.51. The average Bonchev–Trinajstić information content (AvgIpc) is 2.86. The molecule has 1 aromatic carbocycles. The molecule has 4 unspecified atom stereocenters. The van der Waals surface area contributed by atoms with E-state index in [2.05, 4.69) is 32.2 Å². The van der Waals surface area contributed by atoms with Crippen molar-refractivity contribution in [3.05, 3.63) is 23.8 Å². The molecule has 0 aromatic heterocycles. The second kappa shape index (κ2) is 7.17. The standard InChI is InChI=1S/C18H29NO2/c1-6-14-7-10-17(12(14)2)19-13(3)16-9-8-15(20-4)11-18(16)21-5/h8-9,11-14,17,19H,6-7,10H2,1-5H3. The highest BCUT2D eigenvalue weighted by atomic mass is 16.5. The van der Waals surface area contributed by atoms with Crippen molar-refractivity contribution < 1.29 is 9.47 Å². The lowest BCUT2D eigenvalue weighted by Crippen LogP contribution is -2.34. The molecule has 21 heavy (non-hydrogen) atoms. The molecule has 0 spiro atoms. The normalized spacial score (nSPS) is 26.6. The number of hydrogen-bond donors (Lipinski definition) is 1. The van der Waals surface area contributed by atoms with Crippen molar-refractivity contribution in [2.45, 2.75) is 52.1 Å². The Morgan fingerprint density at radius 2 is 2.00 bits per heavy atom. The molecule has 1 aromatic rings. The number of benzene rings is 1. The van der Waals surface area contributed by atoms with Gasteiger partial charge < -0.3 is 14.8 Å². The number of methoxy groups -OCH3 is 2. The van der Waals surface area contributed by atoms with Gasteiger partial charge in [-0.25, -0.2) is 0 Å². The highest BCUT2D eigenvalue weighted by molar-refractivity contribution is 5.42. The summed E-state index contributed by atoms with van der Waals surface area (Å²) in [4.78, 5) is 0. The SMILES string of the molecule is CCC1CCC(NC(C)c2ccc(OC)cc2OC)C1C. The lowest BCUT2D eigenvalue weighted by atomic mass is 9.93. The van der Waals surface area contributed by atoms with E-state index in [0.29, 0.717) is 6.04 Å². The van der Waals surface area contributed by atoms with Gasteiger partial charge >= 0.3 is 0 Å². The summed E-state index contributed by atoms with van der Waals surface area (Å²) in [5.41, 5.74) is 1.20. The first-order chi connectivity index (χ1) is 10.1. The molecule has 0 amide bonds. The number of ether oxygens (including phenoxy) is 2. The van der Waals surface area contributed by atoms with E-state index in [9.17, 15) is 0 Å². The Morgan fingerprint density at radius 1 is 1.24 bits per heavy atom. The van der Waals surface area contributed by atoms with Gasteiger partial charge in [0.1, 0.15) is 11.5 Å². The van der Waals surface area contributed by atoms with Crippen LogP contribution in [0.3, 0.4) is 0 Å². The zero-order chi connectivity index (χ0) is 15.4. The third-order valence-electron chi connectivity index (χ3n) is 5.12. The largest absolute Gasteiger partial charge is 0.497 e. The molecular weight excluding hydrogens is 262 g/mol. The summed E-state index contributed by atoms with van der Waals surface area (Å²) in [5.74, 6) is 3.35. The maximum atomic E-state index is 5.52. The van der Waals surface area contributed by atoms with Gasteiger partial charge in [0.2, 0.25) is 0 Å². The molecule has 0 heterocycles. The van der Waals surface area contributed by atoms with E-state index >= 15 is 0 Å². The summed E-state index contributed by atoms with van der Waals surface area (Å²) in [5, 5.41) is 3.80. The summed E-state index contributed by atoms with van der Waals surface area (Å²) in [7, 11) is 3.40. The quantitative estimate of drug-likeness (QED) is 0.853. The minimum Gasteiger partial charge on any atom is -0.497 e. The fourth-order valence-corrected chi connectivity index (χ4v) is 3.65. The highest BCUT2D eigenvalue weighted by Gasteiger charge is 2.32. The van der Waals surface area contributed by atoms with Crippen LogP contribution in [-0.4, -0.2) is 20.3 Å². The summed E-state index contributed by atoms with van der Waals surface area (Å²) in [6.45, 7) is 6.91. The van der Waals surface area contributed by atoms with E-state index in [4.69, 9.17) is 9.47 Å². The van der Waals surface area contributed by atoms with Crippen LogP contribution in [0.2, 0.25) is 0 Å². The fourth-order valence-electron chi connectivity index (χ4n) is 3.65. The van der Waals surface area contributed by atoms with Crippen LogP contribution in [0.5, 0.6) is 11.5 Å². The van der Waals surface area contributed by atoms with Crippen molar-refractivity contribution in [2.24, 2.45) is 11.8 Å². The van der Waals surface area contributed by atoms with Crippen LogP contribution in [0.4, 0.5) is 0 Å². The maximum Gasteiger partial charge on any atom is 0.127 e. The Bertz CT molecular complexity index is 461. The molecular formula is C18H29NO2. The van der Waals surface area contributed by atoms with Gasteiger partial charge in [-0.15, -0.1) is 0 Å². The molecule has 0 saturated heterocycles. The fraction of sp³-hybridized carbons (Fsp3) is 0.667. The minimum atomic E-state index is 0.286. The smallest absolute Gasteiger partial charge is 0.127 e. The molecule has 1 aliphatic carbocycles. The van der Waals surface area contributed by atoms with E-state index in [-0.39, 0.29) is 6.04 Å². The Hall–Kier alpha value is -1.22. The third-order valence-corrected chi connectivity index (χ3v) is 5.12. The summed E-state index contributed by atoms with van der Waals surface area (Å²) < 4.78 is 10.8.